The predicted molar refractivity (Wildman–Crippen MR) is 89.3 cm³/mol. The van der Waals surface area contributed by atoms with E-state index >= 15 is 0 Å². The average Bonchev–Trinajstić information content (AvgIpc) is 2.57. The van der Waals surface area contributed by atoms with E-state index in [0.29, 0.717) is 24.0 Å². The van der Waals surface area contributed by atoms with Crippen molar-refractivity contribution < 1.29 is 19.4 Å². The van der Waals surface area contributed by atoms with Crippen LogP contribution in [0, 0.1) is 5.92 Å². The predicted octanol–water partition coefficient (Wildman–Crippen LogP) is 2.02. The van der Waals surface area contributed by atoms with Crippen molar-refractivity contribution in [1.82, 2.24) is 4.90 Å². The normalized spacial score (nSPS) is 31.8. The van der Waals surface area contributed by atoms with E-state index in [2.05, 4.69) is 11.9 Å². The van der Waals surface area contributed by atoms with Crippen molar-refractivity contribution in [2.24, 2.45) is 5.92 Å². The molecule has 24 heavy (non-hydrogen) atoms. The van der Waals surface area contributed by atoms with Gasteiger partial charge in [-0.05, 0) is 44.1 Å². The largest absolute Gasteiger partial charge is 0.504 e. The number of phenolic OH excluding ortho intramolecular Hbond substituents is 1. The molecular weight excluding hydrogens is 306 g/mol. The van der Waals surface area contributed by atoms with Gasteiger partial charge in [0.1, 0.15) is 0 Å². The highest BCUT2D eigenvalue weighted by molar-refractivity contribution is 5.96. The lowest BCUT2D eigenvalue weighted by Gasteiger charge is -2.56. The highest BCUT2D eigenvalue weighted by Crippen LogP contribution is 2.57. The molecule has 2 bridgehead atoms. The molecule has 1 aliphatic heterocycles. The lowest BCUT2D eigenvalue weighted by molar-refractivity contribution is -0.122. The Balaban J connectivity index is 1.97. The van der Waals surface area contributed by atoms with Crippen molar-refractivity contribution >= 4 is 5.78 Å². The SMILES string of the molecule is COC1=C[C@H]2[C@@H]3Cc4ccc(OC)c(O)c4[C@]2(CCN3C)CC1=O. The fraction of sp³-hybridized carbons (Fsp3) is 0.526. The first-order valence-electron chi connectivity index (χ1n) is 8.40. The van der Waals surface area contributed by atoms with E-state index in [9.17, 15) is 9.90 Å². The molecule has 0 radical (unpaired) electrons. The molecule has 0 spiro atoms. The number of hydrogen-bond acceptors (Lipinski definition) is 5. The number of nitrogens with zero attached hydrogens (tertiary/aromatic N) is 1. The number of phenols is 1. The van der Waals surface area contributed by atoms with Crippen molar-refractivity contribution in [3.63, 3.8) is 0 Å². The van der Waals surface area contributed by atoms with Crippen LogP contribution >= 0.6 is 0 Å². The molecule has 1 saturated heterocycles. The highest BCUT2D eigenvalue weighted by atomic mass is 16.5. The van der Waals surface area contributed by atoms with Crippen LogP contribution in [0.4, 0.5) is 0 Å². The summed E-state index contributed by atoms with van der Waals surface area (Å²) in [6.07, 6.45) is 4.08. The zero-order valence-corrected chi connectivity index (χ0v) is 14.3. The first kappa shape index (κ1) is 15.5. The molecule has 0 saturated carbocycles. The van der Waals surface area contributed by atoms with Gasteiger partial charge in [0.25, 0.3) is 0 Å². The molecule has 128 valence electrons. The summed E-state index contributed by atoms with van der Waals surface area (Å²) in [4.78, 5) is 15.0. The van der Waals surface area contributed by atoms with E-state index in [1.165, 1.54) is 0 Å². The standard InChI is InChI=1S/C19H23NO4/c1-20-7-6-19-10-14(21)16(24-3)9-12(19)13(20)8-11-4-5-15(23-2)18(22)17(11)19/h4-5,9,12-13,22H,6-8,10H2,1-3H3/t12-,13-,19+/m0/s1. The van der Waals surface area contributed by atoms with Gasteiger partial charge in [0.05, 0.1) is 14.2 Å². The Hall–Kier alpha value is -2.01. The Labute approximate surface area is 141 Å². The monoisotopic (exact) mass is 329 g/mol. The summed E-state index contributed by atoms with van der Waals surface area (Å²) >= 11 is 0. The van der Waals surface area contributed by atoms with E-state index in [1.54, 1.807) is 14.2 Å². The van der Waals surface area contributed by atoms with Crippen LogP contribution in [0.2, 0.25) is 0 Å². The Morgan fingerprint density at radius 3 is 2.79 bits per heavy atom. The summed E-state index contributed by atoms with van der Waals surface area (Å²) in [5.74, 6) is 1.32. The maximum Gasteiger partial charge on any atom is 0.197 e. The van der Waals surface area contributed by atoms with Crippen molar-refractivity contribution in [3.8, 4) is 11.5 Å². The lowest BCUT2D eigenvalue weighted by atomic mass is 9.53. The molecule has 1 aromatic rings. The molecule has 1 heterocycles. The number of hydrogen-bond donors (Lipinski definition) is 1. The van der Waals surface area contributed by atoms with Gasteiger partial charge in [0, 0.05) is 29.4 Å². The number of piperidine rings is 1. The topological polar surface area (TPSA) is 59.0 Å². The first-order valence-corrected chi connectivity index (χ1v) is 8.40. The second kappa shape index (κ2) is 5.24. The van der Waals surface area contributed by atoms with Crippen LogP contribution in [0.1, 0.15) is 24.0 Å². The van der Waals surface area contributed by atoms with Crippen molar-refractivity contribution in [2.75, 3.05) is 27.8 Å². The summed E-state index contributed by atoms with van der Waals surface area (Å²) < 4.78 is 10.6. The van der Waals surface area contributed by atoms with E-state index in [0.717, 1.165) is 30.5 Å². The van der Waals surface area contributed by atoms with Gasteiger partial charge < -0.3 is 19.5 Å². The number of aromatic hydroxyl groups is 1. The number of likely N-dealkylation sites (N-methyl/N-ethyl adjacent to an activating group) is 1. The van der Waals surface area contributed by atoms with Gasteiger partial charge in [-0.1, -0.05) is 6.07 Å². The van der Waals surface area contributed by atoms with Gasteiger partial charge in [-0.3, -0.25) is 4.79 Å². The summed E-state index contributed by atoms with van der Waals surface area (Å²) in [7, 11) is 5.25. The molecule has 3 atom stereocenters. The number of likely N-dealkylation sites (tertiary alicyclic amines) is 1. The molecule has 0 aromatic heterocycles. The fourth-order valence-electron chi connectivity index (χ4n) is 5.03. The van der Waals surface area contributed by atoms with Crippen LogP contribution in [0.3, 0.4) is 0 Å². The second-order valence-corrected chi connectivity index (χ2v) is 7.17. The van der Waals surface area contributed by atoms with E-state index in [1.807, 2.05) is 18.2 Å². The average molecular weight is 329 g/mol. The number of methoxy groups -OCH3 is 2. The number of carbonyl (C=O) groups is 1. The van der Waals surface area contributed by atoms with Crippen molar-refractivity contribution in [3.05, 3.63) is 35.1 Å². The Kier molecular flexibility index (Phi) is 3.39. The number of carbonyl (C=O) groups excluding carboxylic acids is 1. The van der Waals surface area contributed by atoms with Crippen molar-refractivity contribution in [2.45, 2.75) is 30.7 Å². The van der Waals surface area contributed by atoms with Crippen LogP contribution in [-0.4, -0.2) is 49.6 Å². The molecule has 5 heteroatoms. The Bertz CT molecular complexity index is 741. The first-order chi connectivity index (χ1) is 11.5. The quantitative estimate of drug-likeness (QED) is 0.899. The van der Waals surface area contributed by atoms with Crippen LogP contribution in [-0.2, 0) is 21.4 Å². The minimum Gasteiger partial charge on any atom is -0.504 e. The summed E-state index contributed by atoms with van der Waals surface area (Å²) in [5, 5.41) is 10.9. The fourth-order valence-corrected chi connectivity index (χ4v) is 5.03. The molecule has 1 N–H and O–H groups in total. The van der Waals surface area contributed by atoms with Gasteiger partial charge in [0.2, 0.25) is 0 Å². The zero-order chi connectivity index (χ0) is 17.1. The van der Waals surface area contributed by atoms with Crippen LogP contribution < -0.4 is 4.74 Å². The van der Waals surface area contributed by atoms with Crippen molar-refractivity contribution in [1.29, 1.82) is 0 Å². The third kappa shape index (κ3) is 1.88. The number of benzene rings is 1. The van der Waals surface area contributed by atoms with Crippen LogP contribution in [0.5, 0.6) is 11.5 Å². The molecule has 0 amide bonds. The maximum atomic E-state index is 12.6. The molecular formula is C19H23NO4. The molecule has 5 nitrogen and oxygen atoms in total. The maximum absolute atomic E-state index is 12.6. The second-order valence-electron chi connectivity index (χ2n) is 7.17. The third-order valence-corrected chi connectivity index (χ3v) is 6.21. The van der Waals surface area contributed by atoms with Crippen LogP contribution in [0.25, 0.3) is 0 Å². The van der Waals surface area contributed by atoms with Gasteiger partial charge in [-0.15, -0.1) is 0 Å². The highest BCUT2D eigenvalue weighted by Gasteiger charge is 2.56. The number of ketones is 1. The molecule has 2 aliphatic carbocycles. The van der Waals surface area contributed by atoms with E-state index in [4.69, 9.17) is 9.47 Å². The Morgan fingerprint density at radius 1 is 1.29 bits per heavy atom. The minimum absolute atomic E-state index is 0.0205. The minimum atomic E-state index is -0.359. The molecule has 4 rings (SSSR count). The molecule has 3 aliphatic rings. The molecule has 0 unspecified atom stereocenters. The summed E-state index contributed by atoms with van der Waals surface area (Å²) in [6, 6.07) is 4.18. The number of rotatable bonds is 2. The number of allylic oxidation sites excluding steroid dienone is 1. The lowest BCUT2D eigenvalue weighted by Crippen LogP contribution is -2.60. The molecule has 1 fully saturated rings. The number of ether oxygens (including phenoxy) is 2. The smallest absolute Gasteiger partial charge is 0.197 e. The Morgan fingerprint density at radius 2 is 2.08 bits per heavy atom. The zero-order valence-electron chi connectivity index (χ0n) is 14.3. The van der Waals surface area contributed by atoms with E-state index < -0.39 is 0 Å². The van der Waals surface area contributed by atoms with Gasteiger partial charge in [-0.25, -0.2) is 0 Å². The van der Waals surface area contributed by atoms with E-state index in [-0.39, 0.29) is 22.9 Å². The summed E-state index contributed by atoms with van der Waals surface area (Å²) in [6.45, 7) is 0.917. The third-order valence-electron chi connectivity index (χ3n) is 6.21. The van der Waals surface area contributed by atoms with Crippen LogP contribution in [0.15, 0.2) is 24.0 Å². The van der Waals surface area contributed by atoms with Gasteiger partial charge in [-0.2, -0.15) is 0 Å². The summed E-state index contributed by atoms with van der Waals surface area (Å²) in [5.41, 5.74) is 1.68. The molecule has 1 aromatic carbocycles. The van der Waals surface area contributed by atoms with Gasteiger partial charge >= 0.3 is 0 Å². The number of Topliss-reactive ketones (excluding diaryl/α,β-unsaturated/α-hetero) is 1. The van der Waals surface area contributed by atoms with Gasteiger partial charge in [0.15, 0.2) is 23.0 Å². The number of fused-ring (bicyclic) bond motifs is 1.